The van der Waals surface area contributed by atoms with E-state index in [1.54, 1.807) is 6.92 Å². The monoisotopic (exact) mass is 225 g/mol. The molecule has 0 aliphatic carbocycles. The van der Waals surface area contributed by atoms with Gasteiger partial charge in [0.05, 0.1) is 19.1 Å². The molecule has 0 saturated heterocycles. The first-order chi connectivity index (χ1) is 7.61. The molecule has 0 aromatic rings. The molecule has 90 valence electrons. The smallest absolute Gasteiger partial charge is 0.237 e. The Morgan fingerprint density at radius 2 is 2.06 bits per heavy atom. The number of rotatable bonds is 7. The van der Waals surface area contributed by atoms with Crippen molar-refractivity contribution in [2.24, 2.45) is 0 Å². The molecule has 0 rings (SSSR count). The van der Waals surface area contributed by atoms with Crippen LogP contribution in [0.25, 0.3) is 0 Å². The van der Waals surface area contributed by atoms with Crippen LogP contribution in [0.3, 0.4) is 0 Å². The molecule has 0 saturated carbocycles. The lowest BCUT2D eigenvalue weighted by Crippen LogP contribution is -2.46. The minimum Gasteiger partial charge on any atom is -0.355 e. The Balaban J connectivity index is 3.71. The molecule has 5 heteroatoms. The first-order valence-corrected chi connectivity index (χ1v) is 5.33. The van der Waals surface area contributed by atoms with E-state index in [0.29, 0.717) is 6.54 Å². The summed E-state index contributed by atoms with van der Waals surface area (Å²) in [4.78, 5) is 22.5. The van der Waals surface area contributed by atoms with Gasteiger partial charge in [-0.25, -0.2) is 0 Å². The van der Waals surface area contributed by atoms with Crippen LogP contribution in [-0.4, -0.2) is 37.5 Å². The maximum Gasteiger partial charge on any atom is 0.237 e. The minimum absolute atomic E-state index is 0.113. The number of carbonyl (C=O) groups is 2. The lowest BCUT2D eigenvalue weighted by molar-refractivity contribution is -0.123. The number of hydrogen-bond donors (Lipinski definition) is 3. The third-order valence-electron chi connectivity index (χ3n) is 1.90. The van der Waals surface area contributed by atoms with Gasteiger partial charge >= 0.3 is 0 Å². The van der Waals surface area contributed by atoms with Crippen molar-refractivity contribution in [3.8, 4) is 12.3 Å². The highest BCUT2D eigenvalue weighted by Crippen LogP contribution is 1.81. The first kappa shape index (κ1) is 14.5. The fourth-order valence-corrected chi connectivity index (χ4v) is 0.957. The lowest BCUT2D eigenvalue weighted by Gasteiger charge is -2.12. The SMILES string of the molecule is C#CCNC(=O)C(C)NCC(=O)NCCC. The quantitative estimate of drug-likeness (QED) is 0.499. The lowest BCUT2D eigenvalue weighted by atomic mass is 10.3. The molecule has 0 aliphatic heterocycles. The molecule has 0 aliphatic rings. The van der Waals surface area contributed by atoms with Gasteiger partial charge in [0, 0.05) is 6.54 Å². The number of amides is 2. The molecule has 16 heavy (non-hydrogen) atoms. The third kappa shape index (κ3) is 6.85. The summed E-state index contributed by atoms with van der Waals surface area (Å²) in [6.07, 6.45) is 5.90. The summed E-state index contributed by atoms with van der Waals surface area (Å²) in [7, 11) is 0. The Labute approximate surface area is 96.4 Å². The van der Waals surface area contributed by atoms with Crippen LogP contribution >= 0.6 is 0 Å². The van der Waals surface area contributed by atoms with E-state index in [9.17, 15) is 9.59 Å². The van der Waals surface area contributed by atoms with Crippen molar-refractivity contribution in [1.29, 1.82) is 0 Å². The average molecular weight is 225 g/mol. The van der Waals surface area contributed by atoms with Gasteiger partial charge in [0.25, 0.3) is 0 Å². The molecule has 0 heterocycles. The van der Waals surface area contributed by atoms with E-state index in [1.807, 2.05) is 6.92 Å². The third-order valence-corrected chi connectivity index (χ3v) is 1.90. The highest BCUT2D eigenvalue weighted by molar-refractivity contribution is 5.83. The zero-order valence-electron chi connectivity index (χ0n) is 9.80. The van der Waals surface area contributed by atoms with E-state index in [2.05, 4.69) is 21.9 Å². The van der Waals surface area contributed by atoms with E-state index in [0.717, 1.165) is 6.42 Å². The van der Waals surface area contributed by atoms with E-state index >= 15 is 0 Å². The van der Waals surface area contributed by atoms with Crippen LogP contribution in [0.1, 0.15) is 20.3 Å². The van der Waals surface area contributed by atoms with Crippen LogP contribution in [0.2, 0.25) is 0 Å². The summed E-state index contributed by atoms with van der Waals surface area (Å²) in [5.74, 6) is 1.99. The molecule has 0 spiro atoms. The fraction of sp³-hybridized carbons (Fsp3) is 0.636. The Hall–Kier alpha value is -1.54. The largest absolute Gasteiger partial charge is 0.355 e. The van der Waals surface area contributed by atoms with Gasteiger partial charge in [-0.15, -0.1) is 6.42 Å². The molecule has 0 fully saturated rings. The van der Waals surface area contributed by atoms with Crippen LogP contribution in [0, 0.1) is 12.3 Å². The van der Waals surface area contributed by atoms with Crippen molar-refractivity contribution in [2.75, 3.05) is 19.6 Å². The molecular weight excluding hydrogens is 206 g/mol. The fourth-order valence-electron chi connectivity index (χ4n) is 0.957. The predicted octanol–water partition coefficient (Wildman–Crippen LogP) is -0.760. The number of terminal acetylenes is 1. The molecule has 5 nitrogen and oxygen atoms in total. The molecule has 2 amide bonds. The van der Waals surface area contributed by atoms with E-state index in [1.165, 1.54) is 0 Å². The van der Waals surface area contributed by atoms with Crippen molar-refractivity contribution >= 4 is 11.8 Å². The minimum atomic E-state index is -0.430. The Kier molecular flexibility index (Phi) is 7.90. The van der Waals surface area contributed by atoms with Crippen LogP contribution in [-0.2, 0) is 9.59 Å². The second-order valence-electron chi connectivity index (χ2n) is 3.37. The molecule has 1 atom stereocenters. The van der Waals surface area contributed by atoms with Gasteiger partial charge in [-0.2, -0.15) is 0 Å². The van der Waals surface area contributed by atoms with Gasteiger partial charge < -0.3 is 10.6 Å². The van der Waals surface area contributed by atoms with Gasteiger partial charge in [0.15, 0.2) is 0 Å². The standard InChI is InChI=1S/C11H19N3O2/c1-4-6-12-10(15)8-14-9(3)11(16)13-7-5-2/h2,9,14H,4,6-8H2,1,3H3,(H,12,15)(H,13,16). The topological polar surface area (TPSA) is 70.2 Å². The van der Waals surface area contributed by atoms with E-state index < -0.39 is 6.04 Å². The van der Waals surface area contributed by atoms with Crippen molar-refractivity contribution in [3.05, 3.63) is 0 Å². The summed E-state index contributed by atoms with van der Waals surface area (Å²) < 4.78 is 0. The number of hydrogen-bond acceptors (Lipinski definition) is 3. The Morgan fingerprint density at radius 3 is 2.62 bits per heavy atom. The summed E-state index contributed by atoms with van der Waals surface area (Å²) in [6.45, 7) is 4.64. The van der Waals surface area contributed by atoms with Gasteiger partial charge in [-0.3, -0.25) is 14.9 Å². The molecule has 3 N–H and O–H groups in total. The summed E-state index contributed by atoms with van der Waals surface area (Å²) in [5, 5.41) is 8.04. The van der Waals surface area contributed by atoms with Gasteiger partial charge in [-0.1, -0.05) is 12.8 Å². The van der Waals surface area contributed by atoms with Gasteiger partial charge in [0.2, 0.25) is 11.8 Å². The number of carbonyl (C=O) groups excluding carboxylic acids is 2. The van der Waals surface area contributed by atoms with Crippen molar-refractivity contribution in [3.63, 3.8) is 0 Å². The second kappa shape index (κ2) is 8.74. The average Bonchev–Trinajstić information content (AvgIpc) is 2.30. The van der Waals surface area contributed by atoms with Crippen LogP contribution in [0.4, 0.5) is 0 Å². The Bertz CT molecular complexity index is 271. The second-order valence-corrected chi connectivity index (χ2v) is 3.37. The van der Waals surface area contributed by atoms with Crippen molar-refractivity contribution in [2.45, 2.75) is 26.3 Å². The van der Waals surface area contributed by atoms with Crippen LogP contribution in [0.5, 0.6) is 0 Å². The molecule has 0 radical (unpaired) electrons. The highest BCUT2D eigenvalue weighted by Gasteiger charge is 2.12. The first-order valence-electron chi connectivity index (χ1n) is 5.33. The zero-order valence-corrected chi connectivity index (χ0v) is 9.80. The molecule has 1 unspecified atom stereocenters. The van der Waals surface area contributed by atoms with Crippen molar-refractivity contribution in [1.82, 2.24) is 16.0 Å². The summed E-state index contributed by atoms with van der Waals surface area (Å²) >= 11 is 0. The maximum absolute atomic E-state index is 11.3. The molecular formula is C11H19N3O2. The van der Waals surface area contributed by atoms with E-state index in [4.69, 9.17) is 6.42 Å². The van der Waals surface area contributed by atoms with Crippen LogP contribution < -0.4 is 16.0 Å². The van der Waals surface area contributed by atoms with Gasteiger partial charge in [0.1, 0.15) is 0 Å². The van der Waals surface area contributed by atoms with E-state index in [-0.39, 0.29) is 24.9 Å². The molecule has 0 aromatic carbocycles. The van der Waals surface area contributed by atoms with Crippen molar-refractivity contribution < 1.29 is 9.59 Å². The molecule has 0 aromatic heterocycles. The summed E-state index contributed by atoms with van der Waals surface area (Å²) in [6, 6.07) is -0.430. The summed E-state index contributed by atoms with van der Waals surface area (Å²) in [5.41, 5.74) is 0. The normalized spacial score (nSPS) is 11.3. The maximum atomic E-state index is 11.3. The number of nitrogens with one attached hydrogen (secondary N) is 3. The highest BCUT2D eigenvalue weighted by atomic mass is 16.2. The van der Waals surface area contributed by atoms with Crippen LogP contribution in [0.15, 0.2) is 0 Å². The molecule has 0 bridgehead atoms. The Morgan fingerprint density at radius 1 is 1.38 bits per heavy atom. The predicted molar refractivity (Wildman–Crippen MR) is 62.6 cm³/mol. The van der Waals surface area contributed by atoms with Gasteiger partial charge in [-0.05, 0) is 13.3 Å². The zero-order chi connectivity index (χ0) is 12.4.